The van der Waals surface area contributed by atoms with Gasteiger partial charge in [0.05, 0.1) is 19.5 Å². The van der Waals surface area contributed by atoms with E-state index in [2.05, 4.69) is 11.1 Å². The molecule has 1 saturated heterocycles. The van der Waals surface area contributed by atoms with E-state index >= 15 is 0 Å². The first-order valence-corrected chi connectivity index (χ1v) is 10.0. The summed E-state index contributed by atoms with van der Waals surface area (Å²) in [6.45, 7) is 1.70. The molecule has 0 saturated carbocycles. The van der Waals surface area contributed by atoms with Crippen LogP contribution in [0.3, 0.4) is 0 Å². The summed E-state index contributed by atoms with van der Waals surface area (Å²) in [4.78, 5) is 4.16. The minimum absolute atomic E-state index is 0.0736. The predicted molar refractivity (Wildman–Crippen MR) is 97.2 cm³/mol. The van der Waals surface area contributed by atoms with Gasteiger partial charge in [-0.1, -0.05) is 12.1 Å². The molecule has 7 heteroatoms. The minimum atomic E-state index is -3.57. The van der Waals surface area contributed by atoms with Gasteiger partial charge in [0.15, 0.2) is 0 Å². The van der Waals surface area contributed by atoms with Crippen molar-refractivity contribution in [3.63, 3.8) is 0 Å². The molecule has 2 aromatic heterocycles. The number of hydrogen-bond donors (Lipinski definition) is 0. The summed E-state index contributed by atoms with van der Waals surface area (Å²) >= 11 is 0. The first-order valence-electron chi connectivity index (χ1n) is 8.57. The average molecular weight is 372 g/mol. The number of furan rings is 1. The molecular weight excluding hydrogens is 352 g/mol. The van der Waals surface area contributed by atoms with E-state index in [0.29, 0.717) is 26.3 Å². The van der Waals surface area contributed by atoms with E-state index in [0.717, 1.165) is 23.0 Å². The number of aromatic nitrogens is 1. The Bertz CT molecular complexity index is 985. The number of sulfonamides is 1. The van der Waals surface area contributed by atoms with Crippen LogP contribution in [0.1, 0.15) is 5.56 Å². The smallest absolute Gasteiger partial charge is 0.244 e. The maximum Gasteiger partial charge on any atom is 0.244 e. The van der Waals surface area contributed by atoms with Crippen molar-refractivity contribution in [1.29, 1.82) is 0 Å². The third kappa shape index (κ3) is 3.38. The summed E-state index contributed by atoms with van der Waals surface area (Å²) in [5.41, 5.74) is 1.99. The molecule has 0 spiro atoms. The van der Waals surface area contributed by atoms with Crippen molar-refractivity contribution in [2.45, 2.75) is 11.3 Å². The molecule has 3 aromatic rings. The highest BCUT2D eigenvalue weighted by molar-refractivity contribution is 7.89. The standard InChI is InChI=1S/C19H20N2O4S/c22-26(23,17-4-2-7-20-12-17)21-8-10-24-14-15(13-21)11-16-3-1-5-19-18(16)6-9-25-19/h1-7,9,12,15H,8,10-11,13-14H2. The largest absolute Gasteiger partial charge is 0.464 e. The third-order valence-corrected chi connectivity index (χ3v) is 6.52. The van der Waals surface area contributed by atoms with Gasteiger partial charge in [0.25, 0.3) is 0 Å². The molecular formula is C19H20N2O4S. The summed E-state index contributed by atoms with van der Waals surface area (Å²) in [5.74, 6) is 0.0736. The molecule has 6 nitrogen and oxygen atoms in total. The Morgan fingerprint density at radius 2 is 2.12 bits per heavy atom. The molecule has 1 aliphatic heterocycles. The maximum atomic E-state index is 12.9. The van der Waals surface area contributed by atoms with E-state index in [1.807, 2.05) is 18.2 Å². The molecule has 0 bridgehead atoms. The lowest BCUT2D eigenvalue weighted by atomic mass is 9.97. The fourth-order valence-electron chi connectivity index (χ4n) is 3.38. The second kappa shape index (κ2) is 7.19. The third-order valence-electron chi connectivity index (χ3n) is 4.67. The van der Waals surface area contributed by atoms with Crippen molar-refractivity contribution in [2.24, 2.45) is 5.92 Å². The number of fused-ring (bicyclic) bond motifs is 1. The zero-order chi connectivity index (χ0) is 18.0. The molecule has 136 valence electrons. The average Bonchev–Trinajstić information content (AvgIpc) is 3.02. The van der Waals surface area contributed by atoms with Crippen LogP contribution >= 0.6 is 0 Å². The molecule has 1 aliphatic rings. The van der Waals surface area contributed by atoms with Gasteiger partial charge in [0.2, 0.25) is 10.0 Å². The summed E-state index contributed by atoms with van der Waals surface area (Å²) in [6.07, 6.45) is 5.37. The van der Waals surface area contributed by atoms with Gasteiger partial charge in [-0.25, -0.2) is 8.42 Å². The first kappa shape index (κ1) is 17.2. The number of pyridine rings is 1. The topological polar surface area (TPSA) is 72.6 Å². The Balaban J connectivity index is 1.57. The van der Waals surface area contributed by atoms with Crippen molar-refractivity contribution in [3.05, 3.63) is 60.6 Å². The molecule has 3 heterocycles. The van der Waals surface area contributed by atoms with Gasteiger partial charge in [-0.05, 0) is 36.2 Å². The highest BCUT2D eigenvalue weighted by Gasteiger charge is 2.29. The molecule has 1 atom stereocenters. The van der Waals surface area contributed by atoms with Crippen LogP contribution in [0, 0.1) is 5.92 Å². The number of hydrogen-bond acceptors (Lipinski definition) is 5. The first-order chi connectivity index (χ1) is 12.6. The summed E-state index contributed by atoms with van der Waals surface area (Å²) in [7, 11) is -3.57. The van der Waals surface area contributed by atoms with Crippen molar-refractivity contribution in [1.82, 2.24) is 9.29 Å². The zero-order valence-electron chi connectivity index (χ0n) is 14.2. The lowest BCUT2D eigenvalue weighted by Gasteiger charge is -2.23. The lowest BCUT2D eigenvalue weighted by Crippen LogP contribution is -2.36. The van der Waals surface area contributed by atoms with Gasteiger partial charge >= 0.3 is 0 Å². The summed E-state index contributed by atoms with van der Waals surface area (Å²) in [6, 6.07) is 11.1. The van der Waals surface area contributed by atoms with E-state index in [4.69, 9.17) is 9.15 Å². The predicted octanol–water partition coefficient (Wildman–Crippen LogP) is 2.71. The van der Waals surface area contributed by atoms with Crippen molar-refractivity contribution in [3.8, 4) is 0 Å². The van der Waals surface area contributed by atoms with Crippen molar-refractivity contribution >= 4 is 21.0 Å². The van der Waals surface area contributed by atoms with Crippen LogP contribution in [0.25, 0.3) is 11.0 Å². The highest BCUT2D eigenvalue weighted by atomic mass is 32.2. The van der Waals surface area contributed by atoms with E-state index < -0.39 is 10.0 Å². The SMILES string of the molecule is O=S(=O)(c1cccnc1)N1CCOCC(Cc2cccc3occc23)C1. The monoisotopic (exact) mass is 372 g/mol. The van der Waals surface area contributed by atoms with Gasteiger partial charge in [0, 0.05) is 36.8 Å². The quantitative estimate of drug-likeness (QED) is 0.704. The molecule has 0 amide bonds. The van der Waals surface area contributed by atoms with Crippen LogP contribution < -0.4 is 0 Å². The normalized spacial score (nSPS) is 19.5. The minimum Gasteiger partial charge on any atom is -0.464 e. The van der Waals surface area contributed by atoms with E-state index in [1.54, 1.807) is 24.6 Å². The van der Waals surface area contributed by atoms with Crippen LogP contribution in [-0.4, -0.2) is 44.0 Å². The Labute approximate surface area is 152 Å². The Morgan fingerprint density at radius 3 is 2.96 bits per heavy atom. The van der Waals surface area contributed by atoms with E-state index in [9.17, 15) is 8.42 Å². The van der Waals surface area contributed by atoms with Gasteiger partial charge in [-0.3, -0.25) is 4.98 Å². The molecule has 1 unspecified atom stereocenters. The molecule has 1 aromatic carbocycles. The van der Waals surface area contributed by atoms with Crippen molar-refractivity contribution < 1.29 is 17.6 Å². The fourth-order valence-corrected chi connectivity index (χ4v) is 4.85. The van der Waals surface area contributed by atoms with E-state index in [-0.39, 0.29) is 10.8 Å². The van der Waals surface area contributed by atoms with Crippen LogP contribution in [-0.2, 0) is 21.2 Å². The maximum absolute atomic E-state index is 12.9. The Hall–Kier alpha value is -2.22. The molecule has 1 fully saturated rings. The van der Waals surface area contributed by atoms with Crippen molar-refractivity contribution in [2.75, 3.05) is 26.3 Å². The molecule has 0 radical (unpaired) electrons. The Morgan fingerprint density at radius 1 is 1.19 bits per heavy atom. The number of benzene rings is 1. The summed E-state index contributed by atoms with van der Waals surface area (Å²) < 4.78 is 38.5. The Kier molecular flexibility index (Phi) is 4.76. The number of rotatable bonds is 4. The lowest BCUT2D eigenvalue weighted by molar-refractivity contribution is 0.123. The van der Waals surface area contributed by atoms with Crippen LogP contribution in [0.5, 0.6) is 0 Å². The second-order valence-electron chi connectivity index (χ2n) is 6.45. The van der Waals surface area contributed by atoms with Gasteiger partial charge in [-0.15, -0.1) is 0 Å². The summed E-state index contributed by atoms with van der Waals surface area (Å²) in [5, 5.41) is 1.07. The molecule has 26 heavy (non-hydrogen) atoms. The van der Waals surface area contributed by atoms with Gasteiger partial charge in [0.1, 0.15) is 10.5 Å². The van der Waals surface area contributed by atoms with Crippen LogP contribution in [0.4, 0.5) is 0 Å². The fraction of sp³-hybridized carbons (Fsp3) is 0.316. The zero-order valence-corrected chi connectivity index (χ0v) is 15.1. The second-order valence-corrected chi connectivity index (χ2v) is 8.38. The van der Waals surface area contributed by atoms with Crippen LogP contribution in [0.15, 0.2) is 64.4 Å². The number of ether oxygens (including phenoxy) is 1. The number of nitrogens with zero attached hydrogens (tertiary/aromatic N) is 2. The highest BCUT2D eigenvalue weighted by Crippen LogP contribution is 2.25. The molecule has 4 rings (SSSR count). The molecule has 0 aliphatic carbocycles. The van der Waals surface area contributed by atoms with E-state index in [1.165, 1.54) is 10.5 Å². The molecule has 0 N–H and O–H groups in total. The van der Waals surface area contributed by atoms with Crippen LogP contribution in [0.2, 0.25) is 0 Å². The van der Waals surface area contributed by atoms with Gasteiger partial charge < -0.3 is 9.15 Å². The van der Waals surface area contributed by atoms with Gasteiger partial charge in [-0.2, -0.15) is 4.31 Å².